The molecule has 7 heteroatoms. The van der Waals surface area contributed by atoms with E-state index in [2.05, 4.69) is 66.0 Å². The van der Waals surface area contributed by atoms with Crippen molar-refractivity contribution in [3.05, 3.63) is 71.4 Å². The van der Waals surface area contributed by atoms with E-state index in [1.54, 1.807) is 0 Å². The average Bonchev–Trinajstić information content (AvgIpc) is 3.39. The lowest BCUT2D eigenvalue weighted by Gasteiger charge is -2.16. The van der Waals surface area contributed by atoms with Gasteiger partial charge in [-0.05, 0) is 49.4 Å². The Morgan fingerprint density at radius 3 is 2.76 bits per heavy atom. The summed E-state index contributed by atoms with van der Waals surface area (Å²) in [4.78, 5) is 22.6. The first kappa shape index (κ1) is 26.1. The number of aromatic nitrogens is 1. The normalized spacial score (nSPS) is 16.1. The van der Waals surface area contributed by atoms with Crippen LogP contribution in [0.3, 0.4) is 0 Å². The molecule has 1 amide bonds. The molecule has 4 rings (SSSR count). The van der Waals surface area contributed by atoms with E-state index in [0.717, 1.165) is 45.0 Å². The molecule has 3 N–H and O–H groups in total. The van der Waals surface area contributed by atoms with Gasteiger partial charge in [0.2, 0.25) is 5.91 Å². The molecule has 1 aliphatic heterocycles. The maximum Gasteiger partial charge on any atom is 0.223 e. The highest BCUT2D eigenvalue weighted by molar-refractivity contribution is 14.0. The Kier molecular flexibility index (Phi) is 9.80. The molecule has 2 heterocycles. The Hall–Kier alpha value is -2.55. The molecule has 3 aromatic rings. The fourth-order valence-corrected chi connectivity index (χ4v) is 4.49. The van der Waals surface area contributed by atoms with Crippen molar-refractivity contribution in [2.45, 2.75) is 33.1 Å². The van der Waals surface area contributed by atoms with Crippen molar-refractivity contribution in [1.29, 1.82) is 0 Å². The molecule has 1 aliphatic rings. The fourth-order valence-electron chi connectivity index (χ4n) is 4.49. The number of hydrogen-bond acceptors (Lipinski definition) is 2. The van der Waals surface area contributed by atoms with E-state index in [-0.39, 0.29) is 35.8 Å². The minimum atomic E-state index is 0. The van der Waals surface area contributed by atoms with Gasteiger partial charge >= 0.3 is 0 Å². The van der Waals surface area contributed by atoms with Gasteiger partial charge in [0, 0.05) is 62.2 Å². The predicted octanol–water partition coefficient (Wildman–Crippen LogP) is 4.28. The molecule has 0 radical (unpaired) electrons. The van der Waals surface area contributed by atoms with Crippen molar-refractivity contribution in [3.8, 4) is 0 Å². The molecule has 1 atom stereocenters. The van der Waals surface area contributed by atoms with Crippen LogP contribution in [-0.4, -0.2) is 54.5 Å². The summed E-state index contributed by atoms with van der Waals surface area (Å²) in [6.45, 7) is 8.04. The van der Waals surface area contributed by atoms with E-state index in [4.69, 9.17) is 4.99 Å². The summed E-state index contributed by atoms with van der Waals surface area (Å²) in [6.07, 6.45) is 4.51. The Balaban J connectivity index is 0.00000324. The molecule has 0 aliphatic carbocycles. The number of nitrogens with one attached hydrogen (secondary N) is 3. The fraction of sp³-hybridized carbons (Fsp3) is 0.407. The first-order valence-electron chi connectivity index (χ1n) is 12.0. The molecule has 1 aromatic heterocycles. The largest absolute Gasteiger partial charge is 0.361 e. The van der Waals surface area contributed by atoms with Crippen LogP contribution < -0.4 is 10.6 Å². The minimum Gasteiger partial charge on any atom is -0.361 e. The Bertz CT molecular complexity index is 1090. The summed E-state index contributed by atoms with van der Waals surface area (Å²) in [5, 5.41) is 8.07. The highest BCUT2D eigenvalue weighted by atomic mass is 127. The van der Waals surface area contributed by atoms with Crippen LogP contribution in [0.25, 0.3) is 10.9 Å². The maximum absolute atomic E-state index is 12.5. The zero-order chi connectivity index (χ0) is 23.0. The van der Waals surface area contributed by atoms with E-state index < -0.39 is 0 Å². The third-order valence-corrected chi connectivity index (χ3v) is 6.27. The summed E-state index contributed by atoms with van der Waals surface area (Å²) in [7, 11) is 0. The van der Waals surface area contributed by atoms with Crippen LogP contribution in [0.2, 0.25) is 0 Å². The van der Waals surface area contributed by atoms with Crippen molar-refractivity contribution in [2.24, 2.45) is 10.9 Å². The summed E-state index contributed by atoms with van der Waals surface area (Å²) in [6, 6.07) is 16.9. The highest BCUT2D eigenvalue weighted by Gasteiger charge is 2.29. The first-order valence-corrected chi connectivity index (χ1v) is 12.0. The molecule has 34 heavy (non-hydrogen) atoms. The SMILES string of the molecule is CCNC(=NCC1CC(=O)N(CCc2ccccc2)C1)NCCc1c[nH]c2cc(C)ccc12.I. The second-order valence-corrected chi connectivity index (χ2v) is 8.90. The standard InChI is InChI=1S/C27H35N5O.HI/c1-3-28-27(29-13-11-23-18-30-25-15-20(2)9-10-24(23)25)31-17-22-16-26(33)32(19-22)14-12-21-7-5-4-6-8-21;/h4-10,15,18,22,30H,3,11-14,16-17,19H2,1-2H3,(H2,28,29,31);1H. The molecular weight excluding hydrogens is 537 g/mol. The number of nitrogens with zero attached hydrogens (tertiary/aromatic N) is 2. The van der Waals surface area contributed by atoms with Crippen LogP contribution in [0.4, 0.5) is 0 Å². The Labute approximate surface area is 219 Å². The number of aryl methyl sites for hydroxylation is 1. The molecule has 0 saturated carbocycles. The molecule has 1 unspecified atom stereocenters. The number of likely N-dealkylation sites (tertiary alicyclic amines) is 1. The second kappa shape index (κ2) is 12.8. The monoisotopic (exact) mass is 573 g/mol. The van der Waals surface area contributed by atoms with Crippen LogP contribution in [0.1, 0.15) is 30.0 Å². The summed E-state index contributed by atoms with van der Waals surface area (Å²) in [5.74, 6) is 1.35. The van der Waals surface area contributed by atoms with Crippen LogP contribution in [0.15, 0.2) is 59.7 Å². The smallest absolute Gasteiger partial charge is 0.223 e. The Morgan fingerprint density at radius 2 is 1.97 bits per heavy atom. The number of carbonyl (C=O) groups is 1. The van der Waals surface area contributed by atoms with Crippen molar-refractivity contribution < 1.29 is 4.79 Å². The quantitative estimate of drug-likeness (QED) is 0.203. The lowest BCUT2D eigenvalue weighted by Crippen LogP contribution is -2.38. The van der Waals surface area contributed by atoms with Crippen LogP contribution in [-0.2, 0) is 17.6 Å². The molecule has 6 nitrogen and oxygen atoms in total. The van der Waals surface area contributed by atoms with Crippen molar-refractivity contribution in [3.63, 3.8) is 0 Å². The number of fused-ring (bicyclic) bond motifs is 1. The van der Waals surface area contributed by atoms with Gasteiger partial charge in [-0.2, -0.15) is 0 Å². The number of halogens is 1. The van der Waals surface area contributed by atoms with Crippen LogP contribution in [0.5, 0.6) is 0 Å². The third kappa shape index (κ3) is 6.98. The van der Waals surface area contributed by atoms with Gasteiger partial charge in [0.15, 0.2) is 5.96 Å². The van der Waals surface area contributed by atoms with E-state index in [1.807, 2.05) is 23.1 Å². The number of H-pyrrole nitrogens is 1. The molecule has 2 aromatic carbocycles. The maximum atomic E-state index is 12.5. The first-order chi connectivity index (χ1) is 16.1. The zero-order valence-corrected chi connectivity index (χ0v) is 22.5. The molecule has 182 valence electrons. The lowest BCUT2D eigenvalue weighted by molar-refractivity contribution is -0.127. The third-order valence-electron chi connectivity index (χ3n) is 6.27. The number of amides is 1. The lowest BCUT2D eigenvalue weighted by atomic mass is 10.1. The highest BCUT2D eigenvalue weighted by Crippen LogP contribution is 2.20. The molecule has 1 saturated heterocycles. The van der Waals surface area contributed by atoms with Crippen molar-refractivity contribution >= 4 is 46.7 Å². The van der Waals surface area contributed by atoms with Gasteiger partial charge < -0.3 is 20.5 Å². The number of guanidine groups is 1. The minimum absolute atomic E-state index is 0. The molecular formula is C27H36IN5O. The molecule has 1 fully saturated rings. The summed E-state index contributed by atoms with van der Waals surface area (Å²) < 4.78 is 0. The van der Waals surface area contributed by atoms with E-state index in [1.165, 1.54) is 27.6 Å². The van der Waals surface area contributed by atoms with Gasteiger partial charge in [0.1, 0.15) is 0 Å². The summed E-state index contributed by atoms with van der Waals surface area (Å²) >= 11 is 0. The van der Waals surface area contributed by atoms with E-state index in [9.17, 15) is 4.79 Å². The van der Waals surface area contributed by atoms with Crippen LogP contribution in [0, 0.1) is 12.8 Å². The number of carbonyl (C=O) groups excluding carboxylic acids is 1. The zero-order valence-electron chi connectivity index (χ0n) is 20.1. The van der Waals surface area contributed by atoms with Gasteiger partial charge in [-0.15, -0.1) is 24.0 Å². The number of rotatable bonds is 9. The van der Waals surface area contributed by atoms with Gasteiger partial charge in [-0.1, -0.05) is 42.5 Å². The van der Waals surface area contributed by atoms with Crippen molar-refractivity contribution in [1.82, 2.24) is 20.5 Å². The van der Waals surface area contributed by atoms with Gasteiger partial charge in [-0.3, -0.25) is 9.79 Å². The molecule has 0 spiro atoms. The number of benzene rings is 2. The van der Waals surface area contributed by atoms with Gasteiger partial charge in [0.05, 0.1) is 0 Å². The van der Waals surface area contributed by atoms with E-state index in [0.29, 0.717) is 13.0 Å². The number of aromatic amines is 1. The Morgan fingerprint density at radius 1 is 1.15 bits per heavy atom. The summed E-state index contributed by atoms with van der Waals surface area (Å²) in [5.41, 5.74) is 5.03. The number of hydrogen-bond donors (Lipinski definition) is 3. The predicted molar refractivity (Wildman–Crippen MR) is 151 cm³/mol. The van der Waals surface area contributed by atoms with Gasteiger partial charge in [0.25, 0.3) is 0 Å². The topological polar surface area (TPSA) is 72.5 Å². The van der Waals surface area contributed by atoms with E-state index >= 15 is 0 Å². The van der Waals surface area contributed by atoms with Crippen LogP contribution >= 0.6 is 24.0 Å². The average molecular weight is 574 g/mol. The molecule has 0 bridgehead atoms. The second-order valence-electron chi connectivity index (χ2n) is 8.90. The number of aliphatic imine (C=N–C) groups is 1. The van der Waals surface area contributed by atoms with Crippen molar-refractivity contribution in [2.75, 3.05) is 32.7 Å². The van der Waals surface area contributed by atoms with Gasteiger partial charge in [-0.25, -0.2) is 0 Å².